The fraction of sp³-hybridized carbons (Fsp3) is 1.00. The summed E-state index contributed by atoms with van der Waals surface area (Å²) in [4.78, 5) is 0. The molecule has 2 aliphatic heterocycles. The van der Waals surface area contributed by atoms with Crippen molar-refractivity contribution in [1.82, 2.24) is 0 Å². The third-order valence-corrected chi connectivity index (χ3v) is 11.9. The lowest BCUT2D eigenvalue weighted by Crippen LogP contribution is -2.54. The van der Waals surface area contributed by atoms with Gasteiger partial charge in [-0.15, -0.1) is 0 Å². The Balaban J connectivity index is 1.27. The lowest BCUT2D eigenvalue weighted by Gasteiger charge is -2.61. The summed E-state index contributed by atoms with van der Waals surface area (Å²) in [5.41, 5.74) is 1.13. The van der Waals surface area contributed by atoms with Gasteiger partial charge in [0.1, 0.15) is 0 Å². The topological polar surface area (TPSA) is 18.5 Å². The fourth-order valence-electron chi connectivity index (χ4n) is 10.3. The molecule has 4 saturated carbocycles. The number of fused-ring (bicyclic) bond motifs is 7. The molecule has 0 unspecified atom stereocenters. The van der Waals surface area contributed by atoms with Crippen molar-refractivity contribution < 1.29 is 9.47 Å². The lowest BCUT2D eigenvalue weighted by molar-refractivity contribution is -0.273. The minimum Gasteiger partial charge on any atom is -0.349 e. The Morgan fingerprint density at radius 3 is 2.45 bits per heavy atom. The summed E-state index contributed by atoms with van der Waals surface area (Å²) in [5, 5.41) is 0. The Kier molecular flexibility index (Phi) is 4.37. The van der Waals surface area contributed by atoms with E-state index in [1.54, 1.807) is 0 Å². The smallest absolute Gasteiger partial charge is 0.171 e. The van der Waals surface area contributed by atoms with Gasteiger partial charge in [-0.3, -0.25) is 0 Å². The van der Waals surface area contributed by atoms with Gasteiger partial charge in [0, 0.05) is 12.3 Å². The third kappa shape index (κ3) is 2.54. The van der Waals surface area contributed by atoms with Crippen LogP contribution >= 0.6 is 0 Å². The molecule has 0 aromatic rings. The highest BCUT2D eigenvalue weighted by Gasteiger charge is 2.68. The molecule has 4 aliphatic carbocycles. The normalized spacial score (nSPS) is 61.7. The average molecular weight is 401 g/mol. The summed E-state index contributed by atoms with van der Waals surface area (Å²) in [5.74, 6) is 5.62. The average Bonchev–Trinajstić information content (AvgIpc) is 3.15. The summed E-state index contributed by atoms with van der Waals surface area (Å²) < 4.78 is 13.4. The summed E-state index contributed by atoms with van der Waals surface area (Å²) in [6.45, 7) is 11.1. The first-order chi connectivity index (χ1) is 13.9. The fourth-order valence-corrected chi connectivity index (χ4v) is 10.3. The number of rotatable bonds is 0. The quantitative estimate of drug-likeness (QED) is 0.444. The highest BCUT2D eigenvalue weighted by Crippen LogP contribution is 2.71. The van der Waals surface area contributed by atoms with Crippen LogP contribution < -0.4 is 0 Å². The van der Waals surface area contributed by atoms with Gasteiger partial charge < -0.3 is 9.47 Å². The third-order valence-electron chi connectivity index (χ3n) is 11.9. The Morgan fingerprint density at radius 2 is 1.66 bits per heavy atom. The van der Waals surface area contributed by atoms with Crippen LogP contribution in [-0.4, -0.2) is 18.5 Å². The predicted octanol–water partition coefficient (Wildman–Crippen LogP) is 6.82. The maximum atomic E-state index is 6.92. The summed E-state index contributed by atoms with van der Waals surface area (Å²) in [7, 11) is 0. The van der Waals surface area contributed by atoms with Gasteiger partial charge in [-0.2, -0.15) is 0 Å². The zero-order valence-electron chi connectivity index (χ0n) is 19.4. The van der Waals surface area contributed by atoms with Gasteiger partial charge in [0.25, 0.3) is 0 Å². The largest absolute Gasteiger partial charge is 0.349 e. The number of hydrogen-bond acceptors (Lipinski definition) is 2. The molecule has 6 aliphatic rings. The van der Waals surface area contributed by atoms with Gasteiger partial charge in [0.05, 0.1) is 12.7 Å². The number of hydrogen-bond donors (Lipinski definition) is 0. The van der Waals surface area contributed by atoms with Gasteiger partial charge in [0.15, 0.2) is 5.79 Å². The summed E-state index contributed by atoms with van der Waals surface area (Å²) >= 11 is 0. The Labute approximate surface area is 178 Å². The van der Waals surface area contributed by atoms with E-state index in [4.69, 9.17) is 9.47 Å². The van der Waals surface area contributed by atoms with Gasteiger partial charge in [0.2, 0.25) is 0 Å². The van der Waals surface area contributed by atoms with E-state index in [9.17, 15) is 0 Å². The molecule has 29 heavy (non-hydrogen) atoms. The van der Waals surface area contributed by atoms with E-state index >= 15 is 0 Å². The molecular weight excluding hydrogens is 356 g/mol. The molecule has 2 heteroatoms. The monoisotopic (exact) mass is 400 g/mol. The van der Waals surface area contributed by atoms with Crippen molar-refractivity contribution in [3.63, 3.8) is 0 Å². The maximum absolute atomic E-state index is 6.92. The summed E-state index contributed by atoms with van der Waals surface area (Å²) in [6.07, 6.45) is 16.2. The van der Waals surface area contributed by atoms with Crippen molar-refractivity contribution in [2.24, 2.45) is 52.3 Å². The summed E-state index contributed by atoms with van der Waals surface area (Å²) in [6, 6.07) is 0. The Hall–Kier alpha value is -0.0800. The van der Waals surface area contributed by atoms with E-state index in [0.29, 0.717) is 28.8 Å². The van der Waals surface area contributed by atoms with E-state index in [2.05, 4.69) is 27.7 Å². The molecule has 164 valence electrons. The van der Waals surface area contributed by atoms with Crippen LogP contribution in [0, 0.1) is 52.3 Å². The molecule has 2 nitrogen and oxygen atoms in total. The van der Waals surface area contributed by atoms with Crippen LogP contribution in [0.5, 0.6) is 0 Å². The first-order valence-electron chi connectivity index (χ1n) is 13.2. The molecule has 0 N–H and O–H groups in total. The molecule has 1 spiro atoms. The molecule has 0 radical (unpaired) electrons. The van der Waals surface area contributed by atoms with E-state index in [1.165, 1.54) is 64.2 Å². The van der Waals surface area contributed by atoms with Crippen LogP contribution in [0.4, 0.5) is 0 Å². The van der Waals surface area contributed by atoms with Crippen molar-refractivity contribution in [2.75, 3.05) is 6.61 Å². The molecule has 0 aromatic carbocycles. The highest BCUT2D eigenvalue weighted by molar-refractivity contribution is 5.15. The second-order valence-electron chi connectivity index (χ2n) is 12.9. The molecule has 11 atom stereocenters. The first-order valence-corrected chi connectivity index (χ1v) is 13.2. The second kappa shape index (κ2) is 6.47. The second-order valence-corrected chi connectivity index (χ2v) is 12.9. The Morgan fingerprint density at radius 1 is 0.793 bits per heavy atom. The molecule has 2 heterocycles. The minimum atomic E-state index is -0.250. The van der Waals surface area contributed by atoms with Crippen molar-refractivity contribution >= 4 is 0 Å². The van der Waals surface area contributed by atoms with Gasteiger partial charge in [-0.05, 0) is 97.7 Å². The van der Waals surface area contributed by atoms with E-state index in [1.807, 2.05) is 0 Å². The molecule has 6 rings (SSSR count). The highest BCUT2D eigenvalue weighted by atomic mass is 16.7. The van der Waals surface area contributed by atoms with Crippen LogP contribution in [0.3, 0.4) is 0 Å². The van der Waals surface area contributed by atoms with Crippen molar-refractivity contribution in [2.45, 2.75) is 110 Å². The van der Waals surface area contributed by atoms with Gasteiger partial charge >= 0.3 is 0 Å². The van der Waals surface area contributed by atoms with Crippen LogP contribution in [0.15, 0.2) is 0 Å². The minimum absolute atomic E-state index is 0.250. The molecule has 0 bridgehead atoms. The van der Waals surface area contributed by atoms with E-state index in [0.717, 1.165) is 42.6 Å². The maximum Gasteiger partial charge on any atom is 0.171 e. The Bertz CT molecular complexity index is 651. The first kappa shape index (κ1) is 19.6. The van der Waals surface area contributed by atoms with Crippen LogP contribution in [-0.2, 0) is 9.47 Å². The van der Waals surface area contributed by atoms with Crippen LogP contribution in [0.1, 0.15) is 98.3 Å². The van der Waals surface area contributed by atoms with Gasteiger partial charge in [-0.25, -0.2) is 0 Å². The standard InChI is InChI=1S/C27H44O2/c1-17-10-14-27(28-16-17)18(2)24-23(29-27)15-22-20-9-8-19-7-5-6-12-25(19,3)21(20)11-13-26(22,24)4/h17-24H,5-16H2,1-4H3/t17-,18-,19-,20-,21+,22+,23+,24+,25+,26+,27-/m1/s1. The van der Waals surface area contributed by atoms with Crippen LogP contribution in [0.25, 0.3) is 0 Å². The zero-order valence-corrected chi connectivity index (χ0v) is 19.4. The molecule has 0 aromatic heterocycles. The van der Waals surface area contributed by atoms with Crippen molar-refractivity contribution in [3.05, 3.63) is 0 Å². The van der Waals surface area contributed by atoms with Gasteiger partial charge in [-0.1, -0.05) is 40.5 Å². The van der Waals surface area contributed by atoms with Crippen molar-refractivity contribution in [1.29, 1.82) is 0 Å². The van der Waals surface area contributed by atoms with Crippen LogP contribution in [0.2, 0.25) is 0 Å². The van der Waals surface area contributed by atoms with E-state index in [-0.39, 0.29) is 5.79 Å². The lowest BCUT2D eigenvalue weighted by atomic mass is 9.44. The number of ether oxygens (including phenoxy) is 2. The molecule has 0 amide bonds. The molecule has 6 fully saturated rings. The SMILES string of the molecule is C[C@@H]1CC[C@@]2(OC1)O[C@H]1C[C@H]3[C@@H]4CC[C@H]5CCCC[C@]5(C)[C@H]4CC[C@]3(C)[C@H]1[C@H]2C. The zero-order chi connectivity index (χ0) is 20.0. The van der Waals surface area contributed by atoms with Crippen molar-refractivity contribution in [3.8, 4) is 0 Å². The predicted molar refractivity (Wildman–Crippen MR) is 116 cm³/mol. The molecular formula is C27H44O2. The molecule has 2 saturated heterocycles. The van der Waals surface area contributed by atoms with E-state index < -0.39 is 0 Å².